The molecule has 0 aromatic heterocycles. The fourth-order valence-electron chi connectivity index (χ4n) is 2.89. The maximum atomic E-state index is 12.1. The van der Waals surface area contributed by atoms with Gasteiger partial charge in [-0.1, -0.05) is 31.2 Å². The molecule has 27 heavy (non-hydrogen) atoms. The van der Waals surface area contributed by atoms with Gasteiger partial charge in [0.1, 0.15) is 5.60 Å². The fourth-order valence-corrected chi connectivity index (χ4v) is 2.89. The molecule has 1 aromatic rings. The quantitative estimate of drug-likeness (QED) is 0.748. The third-order valence-electron chi connectivity index (χ3n) is 5.28. The minimum absolute atomic E-state index is 0.190. The van der Waals surface area contributed by atoms with Crippen molar-refractivity contribution >= 4 is 18.7 Å². The van der Waals surface area contributed by atoms with E-state index in [1.807, 2.05) is 32.9 Å². The highest BCUT2D eigenvalue weighted by Crippen LogP contribution is 2.36. The highest BCUT2D eigenvalue weighted by molar-refractivity contribution is 6.62. The van der Waals surface area contributed by atoms with Gasteiger partial charge in [0.05, 0.1) is 11.2 Å². The van der Waals surface area contributed by atoms with Gasteiger partial charge in [0, 0.05) is 13.6 Å². The van der Waals surface area contributed by atoms with E-state index in [0.29, 0.717) is 6.54 Å². The van der Waals surface area contributed by atoms with Crippen LogP contribution in [0.3, 0.4) is 0 Å². The zero-order chi connectivity index (χ0) is 20.6. The Labute approximate surface area is 164 Å². The Kier molecular flexibility index (Phi) is 6.03. The Morgan fingerprint density at radius 3 is 2.04 bits per heavy atom. The molecule has 150 valence electrons. The van der Waals surface area contributed by atoms with Crippen LogP contribution in [0.2, 0.25) is 0 Å². The summed E-state index contributed by atoms with van der Waals surface area (Å²) in [5.74, 6) is 0.190. The number of rotatable bonds is 4. The van der Waals surface area contributed by atoms with Gasteiger partial charge in [-0.2, -0.15) is 0 Å². The largest absolute Gasteiger partial charge is 0.494 e. The van der Waals surface area contributed by atoms with Crippen molar-refractivity contribution in [1.29, 1.82) is 0 Å². The van der Waals surface area contributed by atoms with Crippen LogP contribution >= 0.6 is 0 Å². The van der Waals surface area contributed by atoms with Crippen LogP contribution in [-0.2, 0) is 14.0 Å². The second-order valence-electron chi connectivity index (χ2n) is 9.52. The lowest BCUT2D eigenvalue weighted by Crippen LogP contribution is -2.41. The maximum absolute atomic E-state index is 12.1. The first-order valence-electron chi connectivity index (χ1n) is 9.61. The van der Waals surface area contributed by atoms with E-state index in [4.69, 9.17) is 14.0 Å². The van der Waals surface area contributed by atoms with Crippen LogP contribution in [0.25, 0.3) is 0 Å². The number of hydrogen-bond donors (Lipinski definition) is 0. The van der Waals surface area contributed by atoms with E-state index in [-0.39, 0.29) is 30.3 Å². The van der Waals surface area contributed by atoms with Crippen LogP contribution in [0.4, 0.5) is 4.79 Å². The first kappa shape index (κ1) is 21.8. The van der Waals surface area contributed by atoms with E-state index >= 15 is 0 Å². The molecule has 0 aliphatic carbocycles. The Balaban J connectivity index is 2.00. The average Bonchev–Trinajstić information content (AvgIpc) is 2.73. The monoisotopic (exact) mass is 375 g/mol. The molecule has 1 heterocycles. The molecule has 1 aliphatic heterocycles. The molecular formula is C21H34BNO4. The van der Waals surface area contributed by atoms with Crippen LogP contribution in [-0.4, -0.2) is 48.5 Å². The number of hydrogen-bond acceptors (Lipinski definition) is 4. The van der Waals surface area contributed by atoms with Crippen molar-refractivity contribution in [3.63, 3.8) is 0 Å². The second kappa shape index (κ2) is 7.48. The molecule has 2 rings (SSSR count). The summed E-state index contributed by atoms with van der Waals surface area (Å²) in [5, 5.41) is 0. The van der Waals surface area contributed by atoms with Crippen molar-refractivity contribution in [3.8, 4) is 0 Å². The van der Waals surface area contributed by atoms with Crippen molar-refractivity contribution in [2.24, 2.45) is 0 Å². The number of ether oxygens (including phenoxy) is 1. The molecule has 1 amide bonds. The average molecular weight is 375 g/mol. The molecule has 1 aromatic carbocycles. The molecule has 0 spiro atoms. The minimum atomic E-state index is -0.487. The zero-order valence-electron chi connectivity index (χ0n) is 18.3. The normalized spacial score (nSPS) is 19.7. The summed E-state index contributed by atoms with van der Waals surface area (Å²) in [6, 6.07) is 8.24. The molecule has 1 saturated heterocycles. The Morgan fingerprint density at radius 1 is 1.11 bits per heavy atom. The number of amides is 1. The van der Waals surface area contributed by atoms with Crippen LogP contribution in [0.15, 0.2) is 24.3 Å². The summed E-state index contributed by atoms with van der Waals surface area (Å²) in [6.07, 6.45) is -0.303. The second-order valence-corrected chi connectivity index (χ2v) is 9.52. The number of likely N-dealkylation sites (N-methyl/N-ethyl adjacent to an activating group) is 1. The molecule has 6 heteroatoms. The van der Waals surface area contributed by atoms with Crippen LogP contribution in [0, 0.1) is 0 Å². The van der Waals surface area contributed by atoms with Crippen molar-refractivity contribution in [1.82, 2.24) is 4.90 Å². The summed E-state index contributed by atoms with van der Waals surface area (Å²) >= 11 is 0. The Morgan fingerprint density at radius 2 is 1.59 bits per heavy atom. The van der Waals surface area contributed by atoms with Crippen molar-refractivity contribution in [2.45, 2.75) is 78.1 Å². The highest BCUT2D eigenvalue weighted by atomic mass is 16.7. The van der Waals surface area contributed by atoms with Crippen molar-refractivity contribution in [3.05, 3.63) is 29.8 Å². The van der Waals surface area contributed by atoms with Gasteiger partial charge in [0.15, 0.2) is 0 Å². The first-order chi connectivity index (χ1) is 12.2. The summed E-state index contributed by atoms with van der Waals surface area (Å²) in [7, 11) is 1.41. The molecule has 1 unspecified atom stereocenters. The lowest BCUT2D eigenvalue weighted by Gasteiger charge is -2.32. The third kappa shape index (κ3) is 5.26. The third-order valence-corrected chi connectivity index (χ3v) is 5.28. The van der Waals surface area contributed by atoms with E-state index in [2.05, 4.69) is 46.8 Å². The molecule has 0 radical (unpaired) electrons. The van der Waals surface area contributed by atoms with Gasteiger partial charge in [-0.05, 0) is 65.4 Å². The number of benzene rings is 1. The van der Waals surface area contributed by atoms with E-state index in [1.54, 1.807) is 11.9 Å². The lowest BCUT2D eigenvalue weighted by molar-refractivity contribution is 0.00578. The number of carbonyl (C=O) groups is 1. The Bertz CT molecular complexity index is 648. The maximum Gasteiger partial charge on any atom is 0.494 e. The van der Waals surface area contributed by atoms with Gasteiger partial charge in [0.25, 0.3) is 0 Å². The smallest absolute Gasteiger partial charge is 0.444 e. The minimum Gasteiger partial charge on any atom is -0.444 e. The van der Waals surface area contributed by atoms with Crippen LogP contribution in [0.5, 0.6) is 0 Å². The number of nitrogens with zero attached hydrogens (tertiary/aromatic N) is 1. The molecule has 5 nitrogen and oxygen atoms in total. The van der Waals surface area contributed by atoms with Gasteiger partial charge in [-0.15, -0.1) is 0 Å². The first-order valence-corrected chi connectivity index (χ1v) is 9.61. The summed E-state index contributed by atoms with van der Waals surface area (Å²) < 4.78 is 17.6. The van der Waals surface area contributed by atoms with Crippen LogP contribution < -0.4 is 5.46 Å². The van der Waals surface area contributed by atoms with Crippen molar-refractivity contribution in [2.75, 3.05) is 13.6 Å². The van der Waals surface area contributed by atoms with Gasteiger partial charge < -0.3 is 18.9 Å². The van der Waals surface area contributed by atoms with Gasteiger partial charge >= 0.3 is 13.2 Å². The molecule has 1 aliphatic rings. The highest BCUT2D eigenvalue weighted by Gasteiger charge is 2.51. The lowest BCUT2D eigenvalue weighted by atomic mass is 9.78. The van der Waals surface area contributed by atoms with Gasteiger partial charge in [-0.3, -0.25) is 0 Å². The zero-order valence-corrected chi connectivity index (χ0v) is 18.3. The Hall–Kier alpha value is -1.53. The van der Waals surface area contributed by atoms with E-state index in [1.165, 1.54) is 0 Å². The SMILES string of the molecule is CC(CN(C)C(=O)OC(C)(C)C)c1ccc(B2OC(C)(C)C(C)(C)O2)cc1. The van der Waals surface area contributed by atoms with Gasteiger partial charge in [0.2, 0.25) is 0 Å². The molecule has 0 saturated carbocycles. The number of carbonyl (C=O) groups excluding carboxylic acids is 1. The molecular weight excluding hydrogens is 341 g/mol. The van der Waals surface area contributed by atoms with E-state index < -0.39 is 5.60 Å². The van der Waals surface area contributed by atoms with Crippen molar-refractivity contribution < 1.29 is 18.8 Å². The predicted molar refractivity (Wildman–Crippen MR) is 109 cm³/mol. The summed E-state index contributed by atoms with van der Waals surface area (Å²) in [6.45, 7) is 16.5. The molecule has 1 fully saturated rings. The standard InChI is InChI=1S/C21H34BNO4/c1-15(14-23(9)18(24)25-19(2,3)4)16-10-12-17(13-11-16)22-26-20(5,6)21(7,8)27-22/h10-13,15H,14H2,1-9H3. The van der Waals surface area contributed by atoms with E-state index in [0.717, 1.165) is 11.0 Å². The topological polar surface area (TPSA) is 48.0 Å². The summed E-state index contributed by atoms with van der Waals surface area (Å²) in [5.41, 5.74) is 0.981. The van der Waals surface area contributed by atoms with Gasteiger partial charge in [-0.25, -0.2) is 4.79 Å². The summed E-state index contributed by atoms with van der Waals surface area (Å²) in [4.78, 5) is 13.8. The van der Waals surface area contributed by atoms with E-state index in [9.17, 15) is 4.79 Å². The van der Waals surface area contributed by atoms with Crippen LogP contribution in [0.1, 0.15) is 66.9 Å². The predicted octanol–water partition coefficient (Wildman–Crippen LogP) is 3.96. The molecule has 0 bridgehead atoms. The molecule has 1 atom stereocenters. The molecule has 0 N–H and O–H groups in total. The fraction of sp³-hybridized carbons (Fsp3) is 0.667.